The largest absolute Gasteiger partial charge is 0.362 e. The van der Waals surface area contributed by atoms with Crippen LogP contribution in [0.5, 0.6) is 0 Å². The van der Waals surface area contributed by atoms with Crippen LogP contribution in [0.1, 0.15) is 37.4 Å². The number of hydrogen-bond acceptors (Lipinski definition) is 4. The Bertz CT molecular complexity index is 1360. The third-order valence-corrected chi connectivity index (χ3v) is 5.69. The van der Waals surface area contributed by atoms with Crippen LogP contribution >= 0.6 is 0 Å². The van der Waals surface area contributed by atoms with E-state index in [-0.39, 0.29) is 23.2 Å². The van der Waals surface area contributed by atoms with Crippen molar-refractivity contribution in [2.24, 2.45) is 7.05 Å². The zero-order valence-electron chi connectivity index (χ0n) is 16.4. The van der Waals surface area contributed by atoms with Gasteiger partial charge in [-0.15, -0.1) is 0 Å². The van der Waals surface area contributed by atoms with E-state index in [1.807, 2.05) is 18.2 Å². The van der Waals surface area contributed by atoms with Gasteiger partial charge in [0.2, 0.25) is 0 Å². The van der Waals surface area contributed by atoms with Crippen molar-refractivity contribution < 1.29 is 0 Å². The zero-order chi connectivity index (χ0) is 20.1. The van der Waals surface area contributed by atoms with Crippen molar-refractivity contribution in [2.75, 3.05) is 5.32 Å². The van der Waals surface area contributed by atoms with E-state index < -0.39 is 0 Å². The van der Waals surface area contributed by atoms with Crippen molar-refractivity contribution in [3.8, 4) is 0 Å². The molecule has 29 heavy (non-hydrogen) atoms. The lowest BCUT2D eigenvalue weighted by Crippen LogP contribution is -2.26. The van der Waals surface area contributed by atoms with Crippen LogP contribution in [-0.4, -0.2) is 14.3 Å². The van der Waals surface area contributed by atoms with Crippen LogP contribution in [0, 0.1) is 0 Å². The molecule has 2 heterocycles. The smallest absolute Gasteiger partial charge is 0.274 e. The minimum Gasteiger partial charge on any atom is -0.362 e. The number of rotatable bonds is 4. The fourth-order valence-corrected chi connectivity index (χ4v) is 3.99. The normalized spacial score (nSPS) is 15.0. The third kappa shape index (κ3) is 3.01. The molecule has 1 saturated carbocycles. The van der Waals surface area contributed by atoms with Crippen molar-refractivity contribution >= 4 is 27.4 Å². The molecule has 0 aliphatic heterocycles. The highest BCUT2D eigenvalue weighted by Gasteiger charge is 2.25. The van der Waals surface area contributed by atoms with Crippen molar-refractivity contribution in [2.45, 2.75) is 31.8 Å². The van der Waals surface area contributed by atoms with Crippen molar-refractivity contribution in [3.05, 3.63) is 81.0 Å². The standard InChI is InChI=1S/C23H22N4O2/c1-14(17-9-5-7-15-6-3-4-8-18(15)17)24-22-20-13-27(16-10-11-16)21(28)12-19(20)23(29)26(2)25-22/h3-9,12-14,16H,10-11H2,1-2H3,(H,24,25). The predicted octanol–water partition coefficient (Wildman–Crippen LogP) is 3.76. The molecule has 1 aliphatic rings. The van der Waals surface area contributed by atoms with Gasteiger partial charge >= 0.3 is 0 Å². The Hall–Kier alpha value is -3.41. The summed E-state index contributed by atoms with van der Waals surface area (Å²) >= 11 is 0. The number of aromatic nitrogens is 3. The molecule has 2 aromatic heterocycles. The van der Waals surface area contributed by atoms with E-state index in [1.54, 1.807) is 17.8 Å². The molecule has 4 aromatic rings. The highest BCUT2D eigenvalue weighted by Crippen LogP contribution is 2.34. The SMILES string of the molecule is CC(Nc1nn(C)c(=O)c2cc(=O)n(C3CC3)cc12)c1cccc2ccccc12. The first-order chi connectivity index (χ1) is 14.0. The van der Waals surface area contributed by atoms with Crippen LogP contribution in [-0.2, 0) is 7.05 Å². The fraction of sp³-hybridized carbons (Fsp3) is 0.261. The van der Waals surface area contributed by atoms with Gasteiger partial charge in [0.1, 0.15) is 0 Å². The lowest BCUT2D eigenvalue weighted by molar-refractivity contribution is 0.698. The van der Waals surface area contributed by atoms with Crippen molar-refractivity contribution in [3.63, 3.8) is 0 Å². The van der Waals surface area contributed by atoms with Crippen LogP contribution in [0.15, 0.2) is 64.3 Å². The monoisotopic (exact) mass is 386 g/mol. The van der Waals surface area contributed by atoms with Gasteiger partial charge < -0.3 is 9.88 Å². The van der Waals surface area contributed by atoms with Crippen LogP contribution < -0.4 is 16.4 Å². The van der Waals surface area contributed by atoms with E-state index in [0.717, 1.165) is 18.4 Å². The molecule has 0 saturated heterocycles. The maximum absolute atomic E-state index is 12.6. The van der Waals surface area contributed by atoms with Crippen molar-refractivity contribution in [1.82, 2.24) is 14.3 Å². The molecule has 1 N–H and O–H groups in total. The molecule has 0 radical (unpaired) electrons. The highest BCUT2D eigenvalue weighted by atomic mass is 16.1. The molecule has 5 rings (SSSR count). The van der Waals surface area contributed by atoms with E-state index in [1.165, 1.54) is 21.5 Å². The van der Waals surface area contributed by atoms with Gasteiger partial charge in [0.25, 0.3) is 11.1 Å². The molecular weight excluding hydrogens is 364 g/mol. The molecule has 2 aromatic carbocycles. The summed E-state index contributed by atoms with van der Waals surface area (Å²) < 4.78 is 3.03. The Labute approximate surface area is 167 Å². The number of benzene rings is 2. The highest BCUT2D eigenvalue weighted by molar-refractivity contribution is 5.91. The van der Waals surface area contributed by atoms with Crippen molar-refractivity contribution in [1.29, 1.82) is 0 Å². The molecule has 1 atom stereocenters. The molecule has 0 amide bonds. The lowest BCUT2D eigenvalue weighted by atomic mass is 9.99. The van der Waals surface area contributed by atoms with Crippen LogP contribution in [0.4, 0.5) is 5.82 Å². The van der Waals surface area contributed by atoms with E-state index in [4.69, 9.17) is 0 Å². The number of anilines is 1. The molecular formula is C23H22N4O2. The summed E-state index contributed by atoms with van der Waals surface area (Å²) in [6.07, 6.45) is 3.79. The summed E-state index contributed by atoms with van der Waals surface area (Å²) in [5.74, 6) is 0.608. The molecule has 146 valence electrons. The second-order valence-corrected chi connectivity index (χ2v) is 7.79. The maximum atomic E-state index is 12.6. The Morgan fingerprint density at radius 3 is 2.59 bits per heavy atom. The van der Waals surface area contributed by atoms with Gasteiger partial charge in [-0.25, -0.2) is 4.68 Å². The average Bonchev–Trinajstić information content (AvgIpc) is 3.56. The summed E-state index contributed by atoms with van der Waals surface area (Å²) in [4.78, 5) is 25.0. The summed E-state index contributed by atoms with van der Waals surface area (Å²) in [6, 6.07) is 16.2. The van der Waals surface area contributed by atoms with Gasteiger partial charge in [-0.05, 0) is 36.1 Å². The van der Waals surface area contributed by atoms with Gasteiger partial charge in [-0.3, -0.25) is 9.59 Å². The molecule has 0 spiro atoms. The van der Waals surface area contributed by atoms with Gasteiger partial charge in [-0.1, -0.05) is 42.5 Å². The molecule has 1 fully saturated rings. The zero-order valence-corrected chi connectivity index (χ0v) is 16.4. The van der Waals surface area contributed by atoms with E-state index >= 15 is 0 Å². The molecule has 6 nitrogen and oxygen atoms in total. The first kappa shape index (κ1) is 17.7. The predicted molar refractivity (Wildman–Crippen MR) is 116 cm³/mol. The number of nitrogens with one attached hydrogen (secondary N) is 1. The van der Waals surface area contributed by atoms with Gasteiger partial charge in [0.15, 0.2) is 5.82 Å². The summed E-state index contributed by atoms with van der Waals surface area (Å²) in [5, 5.41) is 11.4. The first-order valence-corrected chi connectivity index (χ1v) is 9.90. The number of hydrogen-bond donors (Lipinski definition) is 1. The number of nitrogens with zero attached hydrogens (tertiary/aromatic N) is 3. The summed E-state index contributed by atoms with van der Waals surface area (Å²) in [6.45, 7) is 2.08. The third-order valence-electron chi connectivity index (χ3n) is 5.69. The Balaban J connectivity index is 1.64. The second kappa shape index (κ2) is 6.58. The molecule has 1 aliphatic carbocycles. The van der Waals surface area contributed by atoms with E-state index in [2.05, 4.69) is 41.6 Å². The van der Waals surface area contributed by atoms with Crippen LogP contribution in [0.3, 0.4) is 0 Å². The van der Waals surface area contributed by atoms with Crippen LogP contribution in [0.2, 0.25) is 0 Å². The van der Waals surface area contributed by atoms with Gasteiger partial charge in [0, 0.05) is 30.7 Å². The average molecular weight is 386 g/mol. The molecule has 6 heteroatoms. The minimum atomic E-state index is -0.261. The summed E-state index contributed by atoms with van der Waals surface area (Å²) in [5.41, 5.74) is 0.766. The molecule has 1 unspecified atom stereocenters. The first-order valence-electron chi connectivity index (χ1n) is 9.90. The number of pyridine rings is 1. The van der Waals surface area contributed by atoms with Crippen LogP contribution in [0.25, 0.3) is 21.5 Å². The van der Waals surface area contributed by atoms with Gasteiger partial charge in [-0.2, -0.15) is 5.10 Å². The van der Waals surface area contributed by atoms with E-state index in [0.29, 0.717) is 16.6 Å². The van der Waals surface area contributed by atoms with Gasteiger partial charge in [0.05, 0.1) is 11.4 Å². The Morgan fingerprint density at radius 1 is 1.03 bits per heavy atom. The number of fused-ring (bicyclic) bond motifs is 2. The second-order valence-electron chi connectivity index (χ2n) is 7.79. The molecule has 0 bridgehead atoms. The minimum absolute atomic E-state index is 0.0318. The Morgan fingerprint density at radius 2 is 1.79 bits per heavy atom. The fourth-order valence-electron chi connectivity index (χ4n) is 3.99. The number of aryl methyl sites for hydroxylation is 1. The van der Waals surface area contributed by atoms with E-state index in [9.17, 15) is 9.59 Å². The Kier molecular flexibility index (Phi) is 4.01. The quantitative estimate of drug-likeness (QED) is 0.580. The lowest BCUT2D eigenvalue weighted by Gasteiger charge is -2.19. The maximum Gasteiger partial charge on any atom is 0.274 e. The summed E-state index contributed by atoms with van der Waals surface area (Å²) in [7, 11) is 1.61. The topological polar surface area (TPSA) is 68.9 Å².